The summed E-state index contributed by atoms with van der Waals surface area (Å²) in [4.78, 5) is 8.74. The molecule has 0 aliphatic rings. The first-order chi connectivity index (χ1) is 7.77. The van der Waals surface area contributed by atoms with Gasteiger partial charge < -0.3 is 5.32 Å². The van der Waals surface area contributed by atoms with E-state index in [9.17, 15) is 0 Å². The van der Waals surface area contributed by atoms with Crippen molar-refractivity contribution in [2.45, 2.75) is 40.0 Å². The summed E-state index contributed by atoms with van der Waals surface area (Å²) in [6.07, 6.45) is 7.23. The molecule has 0 saturated carbocycles. The van der Waals surface area contributed by atoms with Crippen molar-refractivity contribution < 1.29 is 0 Å². The predicted molar refractivity (Wildman–Crippen MR) is 70.8 cm³/mol. The predicted octanol–water partition coefficient (Wildman–Crippen LogP) is 3.71. The molecule has 0 aliphatic heterocycles. The zero-order valence-electron chi connectivity index (χ0n) is 10.5. The molecule has 0 spiro atoms. The van der Waals surface area contributed by atoms with Gasteiger partial charge in [-0.1, -0.05) is 13.3 Å². The van der Waals surface area contributed by atoms with Crippen LogP contribution in [0.4, 0.5) is 11.5 Å². The summed E-state index contributed by atoms with van der Waals surface area (Å²) in [6, 6.07) is 2.09. The molecule has 3 nitrogen and oxygen atoms in total. The molecule has 1 aromatic rings. The lowest BCUT2D eigenvalue weighted by Crippen LogP contribution is -1.98. The Balaban J connectivity index is 2.73. The minimum Gasteiger partial charge on any atom is -0.382 e. The van der Waals surface area contributed by atoms with Crippen LogP contribution in [0.5, 0.6) is 0 Å². The van der Waals surface area contributed by atoms with Gasteiger partial charge in [-0.2, -0.15) is 0 Å². The lowest BCUT2D eigenvalue weighted by atomic mass is 10.2. The number of hydrogen-bond acceptors (Lipinski definition) is 3. The largest absolute Gasteiger partial charge is 0.382 e. The van der Waals surface area contributed by atoms with Crippen molar-refractivity contribution in [3.05, 3.63) is 17.8 Å². The van der Waals surface area contributed by atoms with Crippen LogP contribution >= 0.6 is 0 Å². The monoisotopic (exact) mass is 219 g/mol. The number of aryl methyl sites for hydroxylation is 1. The SMILES string of the molecule is CCCCC=Nc1ncc(C)cc1NCC. The van der Waals surface area contributed by atoms with Gasteiger partial charge in [-0.05, 0) is 38.3 Å². The highest BCUT2D eigenvalue weighted by molar-refractivity contribution is 5.69. The first-order valence-corrected chi connectivity index (χ1v) is 6.01. The van der Waals surface area contributed by atoms with Crippen LogP contribution in [0.2, 0.25) is 0 Å². The van der Waals surface area contributed by atoms with E-state index >= 15 is 0 Å². The molecule has 0 atom stereocenters. The van der Waals surface area contributed by atoms with Crippen molar-refractivity contribution in [1.82, 2.24) is 4.98 Å². The molecule has 1 aromatic heterocycles. The summed E-state index contributed by atoms with van der Waals surface area (Å²) >= 11 is 0. The summed E-state index contributed by atoms with van der Waals surface area (Å²) in [5.41, 5.74) is 2.18. The maximum atomic E-state index is 4.40. The van der Waals surface area contributed by atoms with Crippen LogP contribution < -0.4 is 5.32 Å². The third-order valence-electron chi connectivity index (χ3n) is 2.27. The summed E-state index contributed by atoms with van der Waals surface area (Å²) in [7, 11) is 0. The first kappa shape index (κ1) is 12.7. The Kier molecular flexibility index (Phi) is 5.54. The summed E-state index contributed by atoms with van der Waals surface area (Å²) in [5.74, 6) is 0.795. The second-order valence-electron chi connectivity index (χ2n) is 3.87. The maximum Gasteiger partial charge on any atom is 0.175 e. The molecule has 1 rings (SSSR count). The number of pyridine rings is 1. The van der Waals surface area contributed by atoms with E-state index in [0.29, 0.717) is 0 Å². The van der Waals surface area contributed by atoms with Crippen molar-refractivity contribution in [3.63, 3.8) is 0 Å². The molecule has 0 fully saturated rings. The van der Waals surface area contributed by atoms with Crippen LogP contribution in [0.25, 0.3) is 0 Å². The molecule has 16 heavy (non-hydrogen) atoms. The lowest BCUT2D eigenvalue weighted by molar-refractivity contribution is 0.842. The average molecular weight is 219 g/mol. The van der Waals surface area contributed by atoms with Crippen molar-refractivity contribution in [3.8, 4) is 0 Å². The molecule has 0 aromatic carbocycles. The second kappa shape index (κ2) is 6.99. The number of aromatic nitrogens is 1. The van der Waals surface area contributed by atoms with Crippen molar-refractivity contribution >= 4 is 17.7 Å². The Bertz CT molecular complexity index is 345. The van der Waals surface area contributed by atoms with Gasteiger partial charge in [0.2, 0.25) is 0 Å². The van der Waals surface area contributed by atoms with Gasteiger partial charge in [0.1, 0.15) is 0 Å². The third-order valence-corrected chi connectivity index (χ3v) is 2.27. The molecule has 1 heterocycles. The Morgan fingerprint density at radius 1 is 1.44 bits per heavy atom. The fourth-order valence-electron chi connectivity index (χ4n) is 1.43. The van der Waals surface area contributed by atoms with E-state index in [1.54, 1.807) is 0 Å². The number of nitrogens with one attached hydrogen (secondary N) is 1. The highest BCUT2D eigenvalue weighted by Crippen LogP contribution is 2.22. The van der Waals surface area contributed by atoms with E-state index in [2.05, 4.69) is 35.2 Å². The fourth-order valence-corrected chi connectivity index (χ4v) is 1.43. The zero-order valence-corrected chi connectivity index (χ0v) is 10.5. The number of aliphatic imine (C=N–C) groups is 1. The highest BCUT2D eigenvalue weighted by Gasteiger charge is 2.00. The van der Waals surface area contributed by atoms with Gasteiger partial charge >= 0.3 is 0 Å². The normalized spacial score (nSPS) is 10.9. The van der Waals surface area contributed by atoms with E-state index in [1.807, 2.05) is 19.3 Å². The van der Waals surface area contributed by atoms with Gasteiger partial charge in [-0.15, -0.1) is 0 Å². The van der Waals surface area contributed by atoms with Crippen LogP contribution in [0.1, 0.15) is 38.7 Å². The zero-order chi connectivity index (χ0) is 11.8. The standard InChI is InChI=1S/C13H21N3/c1-4-6-7-8-15-13-12(14-5-2)9-11(3)10-16-13/h8-10,14H,4-7H2,1-3H3. The van der Waals surface area contributed by atoms with Crippen LogP contribution in [0, 0.1) is 6.92 Å². The van der Waals surface area contributed by atoms with Gasteiger partial charge in [0.05, 0.1) is 5.69 Å². The first-order valence-electron chi connectivity index (χ1n) is 6.01. The summed E-state index contributed by atoms with van der Waals surface area (Å²) in [6.45, 7) is 7.19. The van der Waals surface area contributed by atoms with E-state index in [4.69, 9.17) is 0 Å². The van der Waals surface area contributed by atoms with E-state index in [0.717, 1.165) is 30.0 Å². The molecule has 0 unspecified atom stereocenters. The van der Waals surface area contributed by atoms with Crippen LogP contribution in [0.3, 0.4) is 0 Å². The van der Waals surface area contributed by atoms with Gasteiger partial charge in [-0.3, -0.25) is 0 Å². The number of nitrogens with zero attached hydrogens (tertiary/aromatic N) is 2. The molecular formula is C13H21N3. The molecule has 0 bridgehead atoms. The Morgan fingerprint density at radius 3 is 2.94 bits per heavy atom. The highest BCUT2D eigenvalue weighted by atomic mass is 15.0. The lowest BCUT2D eigenvalue weighted by Gasteiger charge is -2.06. The van der Waals surface area contributed by atoms with Gasteiger partial charge in [0.25, 0.3) is 0 Å². The van der Waals surface area contributed by atoms with E-state index in [-0.39, 0.29) is 0 Å². The number of unbranched alkanes of at least 4 members (excludes halogenated alkanes) is 2. The Morgan fingerprint density at radius 2 is 2.25 bits per heavy atom. The van der Waals surface area contributed by atoms with Crippen LogP contribution in [0.15, 0.2) is 17.3 Å². The summed E-state index contributed by atoms with van der Waals surface area (Å²) < 4.78 is 0. The number of anilines is 1. The number of hydrogen-bond donors (Lipinski definition) is 1. The van der Waals surface area contributed by atoms with Crippen molar-refractivity contribution in [2.75, 3.05) is 11.9 Å². The van der Waals surface area contributed by atoms with Crippen LogP contribution in [-0.2, 0) is 0 Å². The van der Waals surface area contributed by atoms with Crippen LogP contribution in [-0.4, -0.2) is 17.7 Å². The smallest absolute Gasteiger partial charge is 0.175 e. The van der Waals surface area contributed by atoms with Crippen molar-refractivity contribution in [2.24, 2.45) is 4.99 Å². The molecule has 88 valence electrons. The minimum atomic E-state index is 0.795. The van der Waals surface area contributed by atoms with Gasteiger partial charge in [0.15, 0.2) is 5.82 Å². The molecule has 0 aliphatic carbocycles. The van der Waals surface area contributed by atoms with Crippen molar-refractivity contribution in [1.29, 1.82) is 0 Å². The molecule has 0 radical (unpaired) electrons. The Hall–Kier alpha value is -1.38. The molecule has 0 saturated heterocycles. The fraction of sp³-hybridized carbons (Fsp3) is 0.538. The molecular weight excluding hydrogens is 198 g/mol. The second-order valence-corrected chi connectivity index (χ2v) is 3.87. The molecule has 1 N–H and O–H groups in total. The maximum absolute atomic E-state index is 4.40. The molecule has 0 amide bonds. The number of rotatable bonds is 6. The summed E-state index contributed by atoms with van der Waals surface area (Å²) in [5, 5.41) is 3.28. The third kappa shape index (κ3) is 4.01. The minimum absolute atomic E-state index is 0.795. The average Bonchev–Trinajstić information content (AvgIpc) is 2.27. The topological polar surface area (TPSA) is 37.3 Å². The molecule has 3 heteroatoms. The van der Waals surface area contributed by atoms with Gasteiger partial charge in [0, 0.05) is 19.0 Å². The van der Waals surface area contributed by atoms with E-state index < -0.39 is 0 Å². The van der Waals surface area contributed by atoms with Gasteiger partial charge in [-0.25, -0.2) is 9.98 Å². The quantitative estimate of drug-likeness (QED) is 0.585. The Labute approximate surface area is 98.0 Å². The van der Waals surface area contributed by atoms with E-state index in [1.165, 1.54) is 12.8 Å².